The van der Waals surface area contributed by atoms with Gasteiger partial charge in [0.1, 0.15) is 5.75 Å². The maximum atomic E-state index is 12.0. The van der Waals surface area contributed by atoms with Crippen LogP contribution in [-0.2, 0) is 4.79 Å². The molecule has 1 amide bonds. The summed E-state index contributed by atoms with van der Waals surface area (Å²) in [4.78, 5) is 22.5. The molecule has 22 heavy (non-hydrogen) atoms. The predicted octanol–water partition coefficient (Wildman–Crippen LogP) is 3.24. The number of carboxylic acids is 1. The van der Waals surface area contributed by atoms with Crippen molar-refractivity contribution < 1.29 is 19.4 Å². The molecule has 0 spiro atoms. The molecule has 0 saturated heterocycles. The van der Waals surface area contributed by atoms with E-state index in [4.69, 9.17) is 9.84 Å². The first-order chi connectivity index (χ1) is 10.5. The highest BCUT2D eigenvalue weighted by Gasteiger charge is 2.11. The van der Waals surface area contributed by atoms with Crippen LogP contribution in [0, 0.1) is 0 Å². The molecule has 1 aromatic rings. The monoisotopic (exact) mass is 307 g/mol. The smallest absolute Gasteiger partial charge is 0.303 e. The molecular formula is C17H25NO4. The van der Waals surface area contributed by atoms with Gasteiger partial charge in [-0.25, -0.2) is 0 Å². The largest absolute Gasteiger partial charge is 0.494 e. The third-order valence-electron chi connectivity index (χ3n) is 3.30. The Bertz CT molecular complexity index is 470. The molecule has 0 saturated carbocycles. The Kier molecular flexibility index (Phi) is 8.04. The predicted molar refractivity (Wildman–Crippen MR) is 85.3 cm³/mol. The van der Waals surface area contributed by atoms with Gasteiger partial charge in [0.2, 0.25) is 0 Å². The summed E-state index contributed by atoms with van der Waals surface area (Å²) in [5, 5.41) is 11.4. The van der Waals surface area contributed by atoms with Crippen molar-refractivity contribution >= 4 is 11.9 Å². The second kappa shape index (κ2) is 9.82. The van der Waals surface area contributed by atoms with Crippen molar-refractivity contribution in [3.63, 3.8) is 0 Å². The fraction of sp³-hybridized carbons (Fsp3) is 0.529. The molecule has 1 rings (SSSR count). The minimum absolute atomic E-state index is 0.0476. The highest BCUT2D eigenvalue weighted by atomic mass is 16.5. The van der Waals surface area contributed by atoms with Gasteiger partial charge in [-0.2, -0.15) is 0 Å². The molecule has 0 aliphatic heterocycles. The van der Waals surface area contributed by atoms with Crippen molar-refractivity contribution in [3.8, 4) is 5.75 Å². The van der Waals surface area contributed by atoms with Crippen molar-refractivity contribution in [1.29, 1.82) is 0 Å². The van der Waals surface area contributed by atoms with Crippen LogP contribution in [0.25, 0.3) is 0 Å². The van der Waals surface area contributed by atoms with E-state index in [1.165, 1.54) is 0 Å². The van der Waals surface area contributed by atoms with E-state index in [0.29, 0.717) is 18.6 Å². The fourth-order valence-electron chi connectivity index (χ4n) is 1.96. The molecule has 0 bridgehead atoms. The van der Waals surface area contributed by atoms with Crippen molar-refractivity contribution in [2.45, 2.75) is 52.0 Å². The summed E-state index contributed by atoms with van der Waals surface area (Å²) < 4.78 is 5.59. The number of ether oxygens (including phenoxy) is 1. The Morgan fingerprint density at radius 3 is 2.50 bits per heavy atom. The van der Waals surface area contributed by atoms with Crippen molar-refractivity contribution in [3.05, 3.63) is 29.8 Å². The molecule has 1 atom stereocenters. The van der Waals surface area contributed by atoms with E-state index in [1.54, 1.807) is 31.2 Å². The number of rotatable bonds is 10. The van der Waals surface area contributed by atoms with Crippen LogP contribution in [0.1, 0.15) is 56.3 Å². The van der Waals surface area contributed by atoms with E-state index >= 15 is 0 Å². The van der Waals surface area contributed by atoms with Gasteiger partial charge in [0.25, 0.3) is 5.91 Å². The van der Waals surface area contributed by atoms with E-state index in [9.17, 15) is 9.59 Å². The van der Waals surface area contributed by atoms with Gasteiger partial charge in [0.05, 0.1) is 6.61 Å². The Hall–Kier alpha value is -2.04. The summed E-state index contributed by atoms with van der Waals surface area (Å²) >= 11 is 0. The lowest BCUT2D eigenvalue weighted by Crippen LogP contribution is -2.32. The molecule has 0 heterocycles. The third kappa shape index (κ3) is 7.11. The van der Waals surface area contributed by atoms with Crippen LogP contribution in [0.4, 0.5) is 0 Å². The van der Waals surface area contributed by atoms with Gasteiger partial charge in [-0.05, 0) is 44.0 Å². The standard InChI is InChI=1S/C17H25NO4/c1-3-4-5-12-22-15-9-7-14(8-10-15)17(21)18-13(2)6-11-16(19)20/h7-10,13H,3-6,11-12H2,1-2H3,(H,18,21)(H,19,20). The minimum Gasteiger partial charge on any atom is -0.494 e. The lowest BCUT2D eigenvalue weighted by Gasteiger charge is -2.13. The molecule has 122 valence electrons. The molecule has 1 unspecified atom stereocenters. The molecule has 0 aromatic heterocycles. The van der Waals surface area contributed by atoms with Gasteiger partial charge in [0, 0.05) is 18.0 Å². The number of carbonyl (C=O) groups excluding carboxylic acids is 1. The number of hydrogen-bond donors (Lipinski definition) is 2. The molecule has 0 aliphatic carbocycles. The van der Waals surface area contributed by atoms with Crippen LogP contribution < -0.4 is 10.1 Å². The van der Waals surface area contributed by atoms with E-state index in [-0.39, 0.29) is 18.4 Å². The number of amides is 1. The highest BCUT2D eigenvalue weighted by Crippen LogP contribution is 2.13. The lowest BCUT2D eigenvalue weighted by atomic mass is 10.1. The second-order valence-electron chi connectivity index (χ2n) is 5.39. The quantitative estimate of drug-likeness (QED) is 0.651. The highest BCUT2D eigenvalue weighted by molar-refractivity contribution is 5.94. The van der Waals surface area contributed by atoms with Crippen LogP contribution in [0.5, 0.6) is 5.75 Å². The number of benzene rings is 1. The topological polar surface area (TPSA) is 75.6 Å². The van der Waals surface area contributed by atoms with Gasteiger partial charge < -0.3 is 15.2 Å². The number of carboxylic acid groups (broad SMARTS) is 1. The number of nitrogens with one attached hydrogen (secondary N) is 1. The SMILES string of the molecule is CCCCCOc1ccc(C(=O)NC(C)CCC(=O)O)cc1. The summed E-state index contributed by atoms with van der Waals surface area (Å²) in [6, 6.07) is 6.82. The maximum Gasteiger partial charge on any atom is 0.303 e. The van der Waals surface area contributed by atoms with Gasteiger partial charge in [-0.1, -0.05) is 19.8 Å². The van der Waals surface area contributed by atoms with Gasteiger partial charge >= 0.3 is 5.97 Å². The number of unbranched alkanes of at least 4 members (excludes halogenated alkanes) is 2. The second-order valence-corrected chi connectivity index (χ2v) is 5.39. The molecule has 0 radical (unpaired) electrons. The van der Waals surface area contributed by atoms with Crippen molar-refractivity contribution in [2.24, 2.45) is 0 Å². The van der Waals surface area contributed by atoms with Gasteiger partial charge in [0.15, 0.2) is 0 Å². The average molecular weight is 307 g/mol. The van der Waals surface area contributed by atoms with E-state index < -0.39 is 5.97 Å². The number of hydrogen-bond acceptors (Lipinski definition) is 3. The van der Waals surface area contributed by atoms with E-state index in [2.05, 4.69) is 12.2 Å². The third-order valence-corrected chi connectivity index (χ3v) is 3.30. The van der Waals surface area contributed by atoms with Gasteiger partial charge in [-0.15, -0.1) is 0 Å². The molecule has 2 N–H and O–H groups in total. The first-order valence-electron chi connectivity index (χ1n) is 7.78. The van der Waals surface area contributed by atoms with Crippen molar-refractivity contribution in [2.75, 3.05) is 6.61 Å². The zero-order valence-electron chi connectivity index (χ0n) is 13.3. The summed E-state index contributed by atoms with van der Waals surface area (Å²) in [6.45, 7) is 4.63. The minimum atomic E-state index is -0.856. The first kappa shape index (κ1) is 18.0. The molecule has 0 aliphatic rings. The summed E-state index contributed by atoms with van der Waals surface area (Å²) in [5.41, 5.74) is 0.545. The van der Waals surface area contributed by atoms with Crippen LogP contribution in [-0.4, -0.2) is 29.6 Å². The van der Waals surface area contributed by atoms with E-state index in [0.717, 1.165) is 25.0 Å². The molecule has 1 aromatic carbocycles. The summed E-state index contributed by atoms with van der Waals surface area (Å²) in [7, 11) is 0. The zero-order valence-corrected chi connectivity index (χ0v) is 13.3. The Morgan fingerprint density at radius 1 is 1.23 bits per heavy atom. The van der Waals surface area contributed by atoms with Gasteiger partial charge in [-0.3, -0.25) is 9.59 Å². The number of carbonyl (C=O) groups is 2. The Labute approximate surface area is 131 Å². The molecule has 0 fully saturated rings. The molecule has 5 heteroatoms. The maximum absolute atomic E-state index is 12.0. The van der Waals surface area contributed by atoms with Crippen LogP contribution in [0.3, 0.4) is 0 Å². The lowest BCUT2D eigenvalue weighted by molar-refractivity contribution is -0.137. The Balaban J connectivity index is 2.41. The molecule has 5 nitrogen and oxygen atoms in total. The normalized spacial score (nSPS) is 11.7. The molecular weight excluding hydrogens is 282 g/mol. The van der Waals surface area contributed by atoms with Crippen LogP contribution >= 0.6 is 0 Å². The zero-order chi connectivity index (χ0) is 16.4. The Morgan fingerprint density at radius 2 is 1.91 bits per heavy atom. The first-order valence-corrected chi connectivity index (χ1v) is 7.78. The summed E-state index contributed by atoms with van der Waals surface area (Å²) in [5.74, 6) is -0.298. The van der Waals surface area contributed by atoms with Crippen molar-refractivity contribution in [1.82, 2.24) is 5.32 Å². The summed E-state index contributed by atoms with van der Waals surface area (Å²) in [6.07, 6.45) is 3.79. The van der Waals surface area contributed by atoms with Crippen LogP contribution in [0.2, 0.25) is 0 Å². The average Bonchev–Trinajstić information content (AvgIpc) is 2.50. The van der Waals surface area contributed by atoms with E-state index in [1.807, 2.05) is 0 Å². The number of aliphatic carboxylic acids is 1. The van der Waals surface area contributed by atoms with Crippen LogP contribution in [0.15, 0.2) is 24.3 Å². The fourth-order valence-corrected chi connectivity index (χ4v) is 1.96.